The number of halogens is 4. The topological polar surface area (TPSA) is 44.0 Å². The molecule has 0 fully saturated rings. The van der Waals surface area contributed by atoms with Crippen molar-refractivity contribution in [2.24, 2.45) is 0 Å². The fraction of sp³-hybridized carbons (Fsp3) is 0.125. The summed E-state index contributed by atoms with van der Waals surface area (Å²) >= 11 is 0. The monoisotopic (exact) mass is 205 g/mol. The van der Waals surface area contributed by atoms with Gasteiger partial charge >= 0.3 is 6.18 Å². The lowest BCUT2D eigenvalue weighted by Crippen LogP contribution is -2.05. The molecule has 14 heavy (non-hydrogen) atoms. The van der Waals surface area contributed by atoms with Gasteiger partial charge in [-0.25, -0.2) is 4.39 Å². The molecule has 0 amide bonds. The van der Waals surface area contributed by atoms with Crippen molar-refractivity contribution in [3.63, 3.8) is 0 Å². The van der Waals surface area contributed by atoms with Crippen LogP contribution in [0.2, 0.25) is 0 Å². The number of phenols is 1. The van der Waals surface area contributed by atoms with Crippen molar-refractivity contribution in [3.8, 4) is 11.8 Å². The van der Waals surface area contributed by atoms with Gasteiger partial charge in [-0.05, 0) is 12.1 Å². The van der Waals surface area contributed by atoms with E-state index in [2.05, 4.69) is 0 Å². The van der Waals surface area contributed by atoms with Gasteiger partial charge in [-0.15, -0.1) is 0 Å². The molecule has 1 N–H and O–H groups in total. The quantitative estimate of drug-likeness (QED) is 0.661. The van der Waals surface area contributed by atoms with Crippen LogP contribution in [0.4, 0.5) is 17.6 Å². The smallest absolute Gasteiger partial charge is 0.416 e. The number of hydrogen-bond acceptors (Lipinski definition) is 2. The highest BCUT2D eigenvalue weighted by atomic mass is 19.4. The fourth-order valence-corrected chi connectivity index (χ4v) is 0.867. The lowest BCUT2D eigenvalue weighted by molar-refractivity contribution is -0.137. The van der Waals surface area contributed by atoms with Crippen molar-refractivity contribution in [2.75, 3.05) is 0 Å². The Kier molecular flexibility index (Phi) is 2.34. The van der Waals surface area contributed by atoms with Crippen molar-refractivity contribution in [1.29, 1.82) is 5.26 Å². The molecule has 0 bridgehead atoms. The molecule has 0 spiro atoms. The Morgan fingerprint density at radius 1 is 1.29 bits per heavy atom. The van der Waals surface area contributed by atoms with Gasteiger partial charge in [0, 0.05) is 0 Å². The van der Waals surface area contributed by atoms with Crippen molar-refractivity contribution in [1.82, 2.24) is 0 Å². The van der Waals surface area contributed by atoms with Crippen molar-refractivity contribution < 1.29 is 22.7 Å². The average molecular weight is 205 g/mol. The van der Waals surface area contributed by atoms with Crippen LogP contribution in [-0.2, 0) is 6.18 Å². The molecule has 1 aromatic carbocycles. The highest BCUT2D eigenvalue weighted by Crippen LogP contribution is 2.33. The van der Waals surface area contributed by atoms with E-state index < -0.39 is 28.9 Å². The molecule has 0 aliphatic heterocycles. The van der Waals surface area contributed by atoms with E-state index in [1.165, 1.54) is 6.07 Å². The van der Waals surface area contributed by atoms with Crippen molar-refractivity contribution >= 4 is 0 Å². The number of benzene rings is 1. The molecule has 74 valence electrons. The van der Waals surface area contributed by atoms with Gasteiger partial charge in [0.25, 0.3) is 0 Å². The summed E-state index contributed by atoms with van der Waals surface area (Å²) in [6, 6.07) is 1.72. The maximum absolute atomic E-state index is 12.8. The van der Waals surface area contributed by atoms with Crippen LogP contribution in [0.25, 0.3) is 0 Å². The van der Waals surface area contributed by atoms with E-state index in [-0.39, 0.29) is 6.07 Å². The second-order valence-corrected chi connectivity index (χ2v) is 2.46. The normalized spacial score (nSPS) is 11.1. The molecule has 0 aliphatic rings. The van der Waals surface area contributed by atoms with E-state index in [4.69, 9.17) is 10.4 Å². The maximum Gasteiger partial charge on any atom is 0.416 e. The lowest BCUT2D eigenvalue weighted by atomic mass is 10.1. The highest BCUT2D eigenvalue weighted by molar-refractivity contribution is 5.46. The molecule has 0 heterocycles. The maximum atomic E-state index is 12.8. The summed E-state index contributed by atoms with van der Waals surface area (Å²) in [5.41, 5.74) is -2.12. The van der Waals surface area contributed by atoms with Crippen LogP contribution in [-0.4, -0.2) is 5.11 Å². The number of nitrogens with zero attached hydrogens (tertiary/aromatic N) is 1. The number of rotatable bonds is 0. The molecule has 0 aromatic heterocycles. The molecule has 0 unspecified atom stereocenters. The zero-order valence-electron chi connectivity index (χ0n) is 6.56. The molecule has 1 aromatic rings. The molecular weight excluding hydrogens is 202 g/mol. The number of alkyl halides is 3. The van der Waals surface area contributed by atoms with Gasteiger partial charge < -0.3 is 5.11 Å². The lowest BCUT2D eigenvalue weighted by Gasteiger charge is -2.07. The van der Waals surface area contributed by atoms with E-state index in [0.29, 0.717) is 6.07 Å². The molecular formula is C8H3F4NO. The molecule has 2 nitrogen and oxygen atoms in total. The predicted molar refractivity (Wildman–Crippen MR) is 37.8 cm³/mol. The second-order valence-electron chi connectivity index (χ2n) is 2.46. The standard InChI is InChI=1S/C8H3F4NO/c9-6-1-4(8(10,11)12)2-7(14)5(6)3-13/h1-2,14H. The van der Waals surface area contributed by atoms with E-state index in [9.17, 15) is 17.6 Å². The van der Waals surface area contributed by atoms with Gasteiger partial charge in [0.1, 0.15) is 23.2 Å². The van der Waals surface area contributed by atoms with E-state index in [0.717, 1.165) is 0 Å². The number of phenolic OH excluding ortho intramolecular Hbond substituents is 1. The summed E-state index contributed by atoms with van der Waals surface area (Å²) in [6.07, 6.45) is -4.74. The first-order chi connectivity index (χ1) is 6.36. The molecule has 0 radical (unpaired) electrons. The van der Waals surface area contributed by atoms with Gasteiger partial charge in [0.2, 0.25) is 0 Å². The largest absolute Gasteiger partial charge is 0.506 e. The molecule has 0 saturated heterocycles. The zero-order valence-corrected chi connectivity index (χ0v) is 6.56. The molecule has 0 aliphatic carbocycles. The molecule has 0 saturated carbocycles. The van der Waals surface area contributed by atoms with Crippen LogP contribution in [0, 0.1) is 17.1 Å². The third-order valence-electron chi connectivity index (χ3n) is 1.51. The summed E-state index contributed by atoms with van der Waals surface area (Å²) in [7, 11) is 0. The minimum Gasteiger partial charge on any atom is -0.506 e. The number of hydrogen-bond donors (Lipinski definition) is 1. The Bertz CT molecular complexity index is 382. The predicted octanol–water partition coefficient (Wildman–Crippen LogP) is 2.42. The highest BCUT2D eigenvalue weighted by Gasteiger charge is 2.32. The third-order valence-corrected chi connectivity index (χ3v) is 1.51. The first-order valence-electron chi connectivity index (χ1n) is 3.36. The number of nitriles is 1. The van der Waals surface area contributed by atoms with E-state index in [1.54, 1.807) is 0 Å². The Labute approximate surface area is 76.0 Å². The van der Waals surface area contributed by atoms with Crippen LogP contribution < -0.4 is 0 Å². The first kappa shape index (κ1) is 10.3. The van der Waals surface area contributed by atoms with E-state index in [1.807, 2.05) is 0 Å². The second kappa shape index (κ2) is 3.18. The summed E-state index contributed by atoms with van der Waals surface area (Å²) in [5.74, 6) is -2.40. The van der Waals surface area contributed by atoms with Crippen LogP contribution in [0.1, 0.15) is 11.1 Å². The third kappa shape index (κ3) is 1.76. The van der Waals surface area contributed by atoms with Gasteiger partial charge in [-0.3, -0.25) is 0 Å². The SMILES string of the molecule is N#Cc1c(O)cc(C(F)(F)F)cc1F. The molecule has 6 heteroatoms. The average Bonchev–Trinajstić information content (AvgIpc) is 2.01. The fourth-order valence-electron chi connectivity index (χ4n) is 0.867. The summed E-state index contributed by atoms with van der Waals surface area (Å²) < 4.78 is 48.8. The summed E-state index contributed by atoms with van der Waals surface area (Å²) in [6.45, 7) is 0. The van der Waals surface area contributed by atoms with Gasteiger partial charge in [0.05, 0.1) is 5.56 Å². The van der Waals surface area contributed by atoms with Gasteiger partial charge in [0.15, 0.2) is 0 Å². The van der Waals surface area contributed by atoms with Gasteiger partial charge in [-0.1, -0.05) is 0 Å². The van der Waals surface area contributed by atoms with Crippen LogP contribution >= 0.6 is 0 Å². The molecule has 0 atom stereocenters. The Balaban J connectivity index is 3.37. The minimum atomic E-state index is -4.74. The van der Waals surface area contributed by atoms with Crippen LogP contribution in [0.3, 0.4) is 0 Å². The van der Waals surface area contributed by atoms with Crippen molar-refractivity contribution in [3.05, 3.63) is 29.1 Å². The van der Waals surface area contributed by atoms with Crippen LogP contribution in [0.15, 0.2) is 12.1 Å². The Hall–Kier alpha value is -1.77. The Morgan fingerprint density at radius 2 is 1.86 bits per heavy atom. The number of aromatic hydroxyl groups is 1. The van der Waals surface area contributed by atoms with E-state index >= 15 is 0 Å². The Morgan fingerprint density at radius 3 is 2.21 bits per heavy atom. The first-order valence-corrected chi connectivity index (χ1v) is 3.36. The zero-order chi connectivity index (χ0) is 10.9. The minimum absolute atomic E-state index is 0.165. The van der Waals surface area contributed by atoms with Gasteiger partial charge in [-0.2, -0.15) is 18.4 Å². The summed E-state index contributed by atoms with van der Waals surface area (Å²) in [4.78, 5) is 0. The van der Waals surface area contributed by atoms with Crippen LogP contribution in [0.5, 0.6) is 5.75 Å². The summed E-state index contributed by atoms with van der Waals surface area (Å²) in [5, 5.41) is 17.1. The van der Waals surface area contributed by atoms with Crippen molar-refractivity contribution in [2.45, 2.75) is 6.18 Å². The molecule has 1 rings (SSSR count).